The van der Waals surface area contributed by atoms with Crippen LogP contribution < -0.4 is 10.1 Å². The lowest BCUT2D eigenvalue weighted by atomic mass is 10.1. The Hall–Kier alpha value is -2.82. The molecule has 0 spiro atoms. The summed E-state index contributed by atoms with van der Waals surface area (Å²) in [4.78, 5) is 24.3. The summed E-state index contributed by atoms with van der Waals surface area (Å²) in [5.41, 5.74) is 3.14. The average Bonchev–Trinajstić information content (AvgIpc) is 2.58. The van der Waals surface area contributed by atoms with Crippen LogP contribution in [0.1, 0.15) is 28.4 Å². The largest absolute Gasteiger partial charge is 0.497 e. The fraction of sp³-hybridized carbons (Fsp3) is 0.263. The second-order valence-electron chi connectivity index (χ2n) is 5.51. The van der Waals surface area contributed by atoms with Gasteiger partial charge in [0.15, 0.2) is 6.10 Å². The lowest BCUT2D eigenvalue weighted by Gasteiger charge is -2.15. The van der Waals surface area contributed by atoms with E-state index in [2.05, 4.69) is 5.32 Å². The molecule has 2 aromatic rings. The summed E-state index contributed by atoms with van der Waals surface area (Å²) >= 11 is 0. The zero-order valence-corrected chi connectivity index (χ0v) is 14.3. The van der Waals surface area contributed by atoms with Crippen molar-refractivity contribution in [3.63, 3.8) is 0 Å². The van der Waals surface area contributed by atoms with Gasteiger partial charge in [0.05, 0.1) is 12.7 Å². The van der Waals surface area contributed by atoms with E-state index in [1.54, 1.807) is 38.3 Å². The molecule has 0 saturated heterocycles. The minimum absolute atomic E-state index is 0.363. The molecule has 0 radical (unpaired) electrons. The number of esters is 1. The Kier molecular flexibility index (Phi) is 5.58. The van der Waals surface area contributed by atoms with Gasteiger partial charge in [0, 0.05) is 5.69 Å². The quantitative estimate of drug-likeness (QED) is 0.854. The van der Waals surface area contributed by atoms with Crippen molar-refractivity contribution in [1.82, 2.24) is 0 Å². The van der Waals surface area contributed by atoms with Gasteiger partial charge in [-0.05, 0) is 62.2 Å². The zero-order chi connectivity index (χ0) is 17.7. The maximum Gasteiger partial charge on any atom is 0.338 e. The lowest BCUT2D eigenvalue weighted by Crippen LogP contribution is -2.30. The molecule has 1 atom stereocenters. The van der Waals surface area contributed by atoms with Crippen molar-refractivity contribution in [2.75, 3.05) is 12.4 Å². The van der Waals surface area contributed by atoms with Crippen molar-refractivity contribution < 1.29 is 19.1 Å². The molecule has 24 heavy (non-hydrogen) atoms. The third-order valence-electron chi connectivity index (χ3n) is 3.84. The van der Waals surface area contributed by atoms with E-state index in [0.29, 0.717) is 17.0 Å². The number of hydrogen-bond acceptors (Lipinski definition) is 4. The molecular formula is C19H21NO4. The summed E-state index contributed by atoms with van der Waals surface area (Å²) in [7, 11) is 1.55. The molecule has 0 heterocycles. The average molecular weight is 327 g/mol. The molecule has 2 aromatic carbocycles. The molecule has 0 aliphatic carbocycles. The molecule has 1 amide bonds. The van der Waals surface area contributed by atoms with Crippen LogP contribution in [0.2, 0.25) is 0 Å². The lowest BCUT2D eigenvalue weighted by molar-refractivity contribution is -0.123. The number of hydrogen-bond donors (Lipinski definition) is 1. The highest BCUT2D eigenvalue weighted by Gasteiger charge is 2.19. The van der Waals surface area contributed by atoms with Gasteiger partial charge < -0.3 is 14.8 Å². The summed E-state index contributed by atoms with van der Waals surface area (Å²) in [6.07, 6.45) is -0.903. The van der Waals surface area contributed by atoms with Crippen LogP contribution in [0.15, 0.2) is 42.5 Å². The SMILES string of the molecule is COc1ccc(C(=O)O[C@H](C)C(=O)Nc2cccc(C)c2C)cc1. The molecule has 5 nitrogen and oxygen atoms in total. The van der Waals surface area contributed by atoms with E-state index < -0.39 is 12.1 Å². The van der Waals surface area contributed by atoms with Crippen LogP contribution in [0.25, 0.3) is 0 Å². The minimum Gasteiger partial charge on any atom is -0.497 e. The summed E-state index contributed by atoms with van der Waals surface area (Å²) < 4.78 is 10.3. The molecule has 2 rings (SSSR count). The molecule has 0 aliphatic heterocycles. The molecule has 0 saturated carbocycles. The molecule has 0 fully saturated rings. The molecule has 5 heteroatoms. The van der Waals surface area contributed by atoms with Gasteiger partial charge in [-0.25, -0.2) is 4.79 Å². The summed E-state index contributed by atoms with van der Waals surface area (Å²) in [6, 6.07) is 12.2. The first-order valence-electron chi connectivity index (χ1n) is 7.64. The number of rotatable bonds is 5. The van der Waals surface area contributed by atoms with E-state index in [1.807, 2.05) is 32.0 Å². The Morgan fingerprint density at radius 1 is 1.04 bits per heavy atom. The number of benzene rings is 2. The van der Waals surface area contributed by atoms with Gasteiger partial charge in [-0.3, -0.25) is 4.79 Å². The van der Waals surface area contributed by atoms with Crippen LogP contribution in [0.4, 0.5) is 5.69 Å². The molecule has 1 N–H and O–H groups in total. The molecular weight excluding hydrogens is 306 g/mol. The van der Waals surface area contributed by atoms with Crippen molar-refractivity contribution in [1.29, 1.82) is 0 Å². The van der Waals surface area contributed by atoms with E-state index in [0.717, 1.165) is 11.1 Å². The third-order valence-corrected chi connectivity index (χ3v) is 3.84. The number of methoxy groups -OCH3 is 1. The summed E-state index contributed by atoms with van der Waals surface area (Å²) in [5, 5.41) is 2.79. The Balaban J connectivity index is 2.00. The van der Waals surface area contributed by atoms with Crippen LogP contribution in [0.5, 0.6) is 5.75 Å². The number of carbonyl (C=O) groups excluding carboxylic acids is 2. The van der Waals surface area contributed by atoms with Crippen molar-refractivity contribution in [2.45, 2.75) is 26.9 Å². The second kappa shape index (κ2) is 7.64. The van der Waals surface area contributed by atoms with Crippen LogP contribution >= 0.6 is 0 Å². The van der Waals surface area contributed by atoms with E-state index >= 15 is 0 Å². The predicted octanol–water partition coefficient (Wildman–Crippen LogP) is 3.50. The minimum atomic E-state index is -0.903. The monoisotopic (exact) mass is 327 g/mol. The van der Waals surface area contributed by atoms with Crippen LogP contribution in [-0.4, -0.2) is 25.1 Å². The smallest absolute Gasteiger partial charge is 0.338 e. The van der Waals surface area contributed by atoms with E-state index in [9.17, 15) is 9.59 Å². The first-order chi connectivity index (χ1) is 11.4. The van der Waals surface area contributed by atoms with Crippen molar-refractivity contribution in [3.05, 3.63) is 59.2 Å². The maximum atomic E-state index is 12.2. The first kappa shape index (κ1) is 17.5. The van der Waals surface area contributed by atoms with Crippen molar-refractivity contribution in [2.24, 2.45) is 0 Å². The van der Waals surface area contributed by atoms with Gasteiger partial charge >= 0.3 is 5.97 Å². The van der Waals surface area contributed by atoms with Crippen LogP contribution in [0.3, 0.4) is 0 Å². The van der Waals surface area contributed by atoms with Crippen LogP contribution in [-0.2, 0) is 9.53 Å². The number of nitrogens with one attached hydrogen (secondary N) is 1. The number of anilines is 1. The van der Waals surface area contributed by atoms with Gasteiger partial charge in [-0.15, -0.1) is 0 Å². The molecule has 0 aromatic heterocycles. The fourth-order valence-corrected chi connectivity index (χ4v) is 2.13. The molecule has 0 unspecified atom stereocenters. The number of amides is 1. The maximum absolute atomic E-state index is 12.2. The van der Waals surface area contributed by atoms with Gasteiger partial charge in [-0.1, -0.05) is 12.1 Å². The standard InChI is InChI=1S/C19H21NO4/c1-12-6-5-7-17(13(12)2)20-18(21)14(3)24-19(22)15-8-10-16(23-4)11-9-15/h5-11,14H,1-4H3,(H,20,21)/t14-/m1/s1. The highest BCUT2D eigenvalue weighted by Crippen LogP contribution is 2.18. The van der Waals surface area contributed by atoms with Gasteiger partial charge in [0.25, 0.3) is 5.91 Å². The zero-order valence-electron chi connectivity index (χ0n) is 14.3. The number of aryl methyl sites for hydroxylation is 1. The van der Waals surface area contributed by atoms with Crippen LogP contribution in [0, 0.1) is 13.8 Å². The Morgan fingerprint density at radius 2 is 1.71 bits per heavy atom. The summed E-state index contributed by atoms with van der Waals surface area (Å²) in [6.45, 7) is 5.44. The molecule has 126 valence electrons. The molecule has 0 aliphatic rings. The fourth-order valence-electron chi connectivity index (χ4n) is 2.13. The third kappa shape index (κ3) is 4.13. The topological polar surface area (TPSA) is 64.6 Å². The predicted molar refractivity (Wildman–Crippen MR) is 92.4 cm³/mol. The normalized spacial score (nSPS) is 11.5. The van der Waals surface area contributed by atoms with Gasteiger partial charge in [0.1, 0.15) is 5.75 Å². The van der Waals surface area contributed by atoms with Crippen molar-refractivity contribution >= 4 is 17.6 Å². The Bertz CT molecular complexity index is 738. The van der Waals surface area contributed by atoms with Gasteiger partial charge in [0.2, 0.25) is 0 Å². The van der Waals surface area contributed by atoms with Crippen molar-refractivity contribution in [3.8, 4) is 5.75 Å². The first-order valence-corrected chi connectivity index (χ1v) is 7.64. The second-order valence-corrected chi connectivity index (χ2v) is 5.51. The highest BCUT2D eigenvalue weighted by molar-refractivity contribution is 5.97. The van der Waals surface area contributed by atoms with E-state index in [-0.39, 0.29) is 5.91 Å². The highest BCUT2D eigenvalue weighted by atomic mass is 16.5. The number of carbonyl (C=O) groups is 2. The summed E-state index contributed by atoms with van der Waals surface area (Å²) in [5.74, 6) is -0.279. The van der Waals surface area contributed by atoms with E-state index in [4.69, 9.17) is 9.47 Å². The Labute approximate surface area is 141 Å². The van der Waals surface area contributed by atoms with E-state index in [1.165, 1.54) is 0 Å². The Morgan fingerprint density at radius 3 is 2.33 bits per heavy atom. The molecule has 0 bridgehead atoms. The van der Waals surface area contributed by atoms with Gasteiger partial charge in [-0.2, -0.15) is 0 Å². The number of ether oxygens (including phenoxy) is 2.